The highest BCUT2D eigenvalue weighted by atomic mass is 16.6. The van der Waals surface area contributed by atoms with E-state index >= 15 is 0 Å². The van der Waals surface area contributed by atoms with Gasteiger partial charge in [-0.15, -0.1) is 0 Å². The maximum atomic E-state index is 11.1. The minimum Gasteiger partial charge on any atom is -0.478 e. The van der Waals surface area contributed by atoms with E-state index in [4.69, 9.17) is 5.11 Å². The van der Waals surface area contributed by atoms with Gasteiger partial charge in [-0.3, -0.25) is 14.8 Å². The number of aryl methyl sites for hydroxylation is 1. The SMILES string of the molecule is Cn1cnc(CNc2c(C(=O)O)cccc2[N+](=O)[O-])n1. The highest BCUT2D eigenvalue weighted by Gasteiger charge is 2.21. The summed E-state index contributed by atoms with van der Waals surface area (Å²) in [6, 6.07) is 3.86. The number of nitrogens with zero attached hydrogens (tertiary/aromatic N) is 4. The van der Waals surface area contributed by atoms with E-state index in [1.165, 1.54) is 29.2 Å². The lowest BCUT2D eigenvalue weighted by Gasteiger charge is -2.08. The van der Waals surface area contributed by atoms with Crippen molar-refractivity contribution in [2.75, 3.05) is 5.32 Å². The molecule has 0 amide bonds. The van der Waals surface area contributed by atoms with Crippen molar-refractivity contribution in [2.24, 2.45) is 7.05 Å². The van der Waals surface area contributed by atoms with Crippen LogP contribution in [0, 0.1) is 10.1 Å². The zero-order valence-corrected chi connectivity index (χ0v) is 10.5. The molecule has 0 aliphatic rings. The number of hydrogen-bond acceptors (Lipinski definition) is 6. The number of carbonyl (C=O) groups is 1. The number of aromatic nitrogens is 3. The van der Waals surface area contributed by atoms with Crippen LogP contribution in [0.3, 0.4) is 0 Å². The van der Waals surface area contributed by atoms with Crippen molar-refractivity contribution < 1.29 is 14.8 Å². The number of nitro benzene ring substituents is 1. The fourth-order valence-corrected chi connectivity index (χ4v) is 1.69. The Morgan fingerprint density at radius 1 is 1.55 bits per heavy atom. The van der Waals surface area contributed by atoms with Gasteiger partial charge >= 0.3 is 5.97 Å². The van der Waals surface area contributed by atoms with Gasteiger partial charge in [0.2, 0.25) is 0 Å². The van der Waals surface area contributed by atoms with Gasteiger partial charge in [0.1, 0.15) is 12.0 Å². The lowest BCUT2D eigenvalue weighted by atomic mass is 10.1. The third-order valence-corrected chi connectivity index (χ3v) is 2.54. The Kier molecular flexibility index (Phi) is 3.60. The Morgan fingerprint density at radius 2 is 2.30 bits per heavy atom. The zero-order valence-electron chi connectivity index (χ0n) is 10.5. The average molecular weight is 277 g/mol. The van der Waals surface area contributed by atoms with Gasteiger partial charge in [-0.05, 0) is 6.07 Å². The normalized spacial score (nSPS) is 10.2. The summed E-state index contributed by atoms with van der Waals surface area (Å²) in [5.41, 5.74) is -0.534. The minimum absolute atomic E-state index is 0.0579. The third kappa shape index (κ3) is 2.71. The summed E-state index contributed by atoms with van der Waals surface area (Å²) in [4.78, 5) is 25.4. The second-order valence-electron chi connectivity index (χ2n) is 3.95. The van der Waals surface area contributed by atoms with Gasteiger partial charge < -0.3 is 10.4 Å². The summed E-state index contributed by atoms with van der Waals surface area (Å²) in [7, 11) is 1.68. The number of nitro groups is 1. The summed E-state index contributed by atoms with van der Waals surface area (Å²) in [5.74, 6) is -0.841. The second kappa shape index (κ2) is 5.34. The molecule has 0 bridgehead atoms. The molecule has 0 aliphatic carbocycles. The van der Waals surface area contributed by atoms with Crippen molar-refractivity contribution >= 4 is 17.3 Å². The summed E-state index contributed by atoms with van der Waals surface area (Å²) in [6.07, 6.45) is 1.48. The van der Waals surface area contributed by atoms with E-state index in [0.717, 1.165) is 0 Å². The number of nitrogens with one attached hydrogen (secondary N) is 1. The maximum Gasteiger partial charge on any atom is 0.338 e. The number of carboxylic acid groups (broad SMARTS) is 1. The molecule has 1 heterocycles. The number of para-hydroxylation sites is 1. The van der Waals surface area contributed by atoms with E-state index in [9.17, 15) is 14.9 Å². The Morgan fingerprint density at radius 3 is 2.85 bits per heavy atom. The fraction of sp³-hybridized carbons (Fsp3) is 0.182. The van der Waals surface area contributed by atoms with Gasteiger partial charge in [0.05, 0.1) is 17.0 Å². The molecule has 2 rings (SSSR count). The largest absolute Gasteiger partial charge is 0.478 e. The van der Waals surface area contributed by atoms with Crippen LogP contribution in [0.2, 0.25) is 0 Å². The monoisotopic (exact) mass is 277 g/mol. The number of benzene rings is 1. The van der Waals surface area contributed by atoms with Crippen molar-refractivity contribution in [2.45, 2.75) is 6.54 Å². The van der Waals surface area contributed by atoms with Crippen molar-refractivity contribution in [1.82, 2.24) is 14.8 Å². The topological polar surface area (TPSA) is 123 Å². The Bertz CT molecular complexity index is 634. The van der Waals surface area contributed by atoms with Crippen molar-refractivity contribution in [3.63, 3.8) is 0 Å². The van der Waals surface area contributed by atoms with E-state index in [1.54, 1.807) is 7.05 Å². The highest BCUT2D eigenvalue weighted by Crippen LogP contribution is 2.28. The van der Waals surface area contributed by atoms with Crippen LogP contribution in [0.1, 0.15) is 16.2 Å². The first-order valence-corrected chi connectivity index (χ1v) is 5.58. The van der Waals surface area contributed by atoms with Crippen LogP contribution in [0.25, 0.3) is 0 Å². The molecule has 9 nitrogen and oxygen atoms in total. The molecule has 0 atom stereocenters. The first-order chi connectivity index (χ1) is 9.49. The predicted molar refractivity (Wildman–Crippen MR) is 68.4 cm³/mol. The molecule has 1 aromatic carbocycles. The Labute approximate surface area is 113 Å². The van der Waals surface area contributed by atoms with Crippen molar-refractivity contribution in [3.8, 4) is 0 Å². The molecule has 2 aromatic rings. The molecule has 1 aromatic heterocycles. The van der Waals surface area contributed by atoms with Gasteiger partial charge in [0, 0.05) is 13.1 Å². The van der Waals surface area contributed by atoms with Crippen LogP contribution in [0.4, 0.5) is 11.4 Å². The molecule has 0 spiro atoms. The van der Waals surface area contributed by atoms with E-state index in [1.807, 2.05) is 0 Å². The molecule has 0 aliphatic heterocycles. The van der Waals surface area contributed by atoms with Crippen LogP contribution in [0.15, 0.2) is 24.5 Å². The Hall–Kier alpha value is -2.97. The minimum atomic E-state index is -1.25. The number of hydrogen-bond donors (Lipinski definition) is 2. The molecule has 0 saturated heterocycles. The third-order valence-electron chi connectivity index (χ3n) is 2.54. The second-order valence-corrected chi connectivity index (χ2v) is 3.95. The highest BCUT2D eigenvalue weighted by molar-refractivity contribution is 5.96. The van der Waals surface area contributed by atoms with E-state index < -0.39 is 10.9 Å². The molecule has 20 heavy (non-hydrogen) atoms. The molecular formula is C11H11N5O4. The average Bonchev–Trinajstić information content (AvgIpc) is 2.81. The molecule has 2 N–H and O–H groups in total. The van der Waals surface area contributed by atoms with Gasteiger partial charge in [-0.25, -0.2) is 9.78 Å². The molecular weight excluding hydrogens is 266 g/mol. The van der Waals surface area contributed by atoms with E-state index in [2.05, 4.69) is 15.4 Å². The number of aromatic carboxylic acids is 1. The summed E-state index contributed by atoms with van der Waals surface area (Å²) in [6.45, 7) is 0.0893. The maximum absolute atomic E-state index is 11.1. The summed E-state index contributed by atoms with van der Waals surface area (Å²) in [5, 5.41) is 26.7. The summed E-state index contributed by atoms with van der Waals surface area (Å²) >= 11 is 0. The predicted octanol–water partition coefficient (Wildman–Crippen LogP) is 1.03. The first-order valence-electron chi connectivity index (χ1n) is 5.58. The van der Waals surface area contributed by atoms with Crippen LogP contribution in [-0.4, -0.2) is 30.8 Å². The molecule has 0 unspecified atom stereocenters. The smallest absolute Gasteiger partial charge is 0.338 e. The molecule has 0 fully saturated rings. The van der Waals surface area contributed by atoms with Gasteiger partial charge in [-0.1, -0.05) is 6.07 Å². The quantitative estimate of drug-likeness (QED) is 0.618. The van der Waals surface area contributed by atoms with Crippen LogP contribution >= 0.6 is 0 Å². The number of anilines is 1. The lowest BCUT2D eigenvalue weighted by Crippen LogP contribution is -2.10. The standard InChI is InChI=1S/C11H11N5O4/c1-15-6-13-9(14-15)5-12-10-7(11(17)18)3-2-4-8(10)16(19)20/h2-4,6,12H,5H2,1H3,(H,17,18). The van der Waals surface area contributed by atoms with Crippen LogP contribution in [0.5, 0.6) is 0 Å². The molecule has 104 valence electrons. The summed E-state index contributed by atoms with van der Waals surface area (Å²) < 4.78 is 1.48. The first kappa shape index (κ1) is 13.5. The van der Waals surface area contributed by atoms with Crippen LogP contribution in [-0.2, 0) is 13.6 Å². The van der Waals surface area contributed by atoms with Gasteiger partial charge in [0.15, 0.2) is 5.82 Å². The van der Waals surface area contributed by atoms with E-state index in [0.29, 0.717) is 5.82 Å². The lowest BCUT2D eigenvalue weighted by molar-refractivity contribution is -0.384. The zero-order chi connectivity index (χ0) is 14.7. The Balaban J connectivity index is 2.32. The van der Waals surface area contributed by atoms with Gasteiger partial charge in [-0.2, -0.15) is 5.10 Å². The molecule has 0 radical (unpaired) electrons. The van der Waals surface area contributed by atoms with Gasteiger partial charge in [0.25, 0.3) is 5.69 Å². The number of carboxylic acids is 1. The molecule has 9 heteroatoms. The fourth-order valence-electron chi connectivity index (χ4n) is 1.69. The number of rotatable bonds is 5. The van der Waals surface area contributed by atoms with Crippen LogP contribution < -0.4 is 5.32 Å². The van der Waals surface area contributed by atoms with E-state index in [-0.39, 0.29) is 23.5 Å². The van der Waals surface area contributed by atoms with Crippen molar-refractivity contribution in [3.05, 3.63) is 46.0 Å². The van der Waals surface area contributed by atoms with Crippen molar-refractivity contribution in [1.29, 1.82) is 0 Å². The molecule has 0 saturated carbocycles.